The second-order valence-electron chi connectivity index (χ2n) is 3.99. The van der Waals surface area contributed by atoms with E-state index in [-0.39, 0.29) is 17.5 Å². The van der Waals surface area contributed by atoms with Crippen molar-refractivity contribution in [2.24, 2.45) is 5.92 Å². The van der Waals surface area contributed by atoms with E-state index in [1.807, 2.05) is 18.2 Å². The number of carbonyl (C=O) groups excluding carboxylic acids is 2. The molecular weight excluding hydrogens is 188 g/mol. The fraction of sp³-hybridized carbons (Fsp3) is 0.385. The van der Waals surface area contributed by atoms with Crippen molar-refractivity contribution in [3.8, 4) is 0 Å². The van der Waals surface area contributed by atoms with E-state index in [1.54, 1.807) is 12.1 Å². The van der Waals surface area contributed by atoms with Crippen LogP contribution in [-0.2, 0) is 4.79 Å². The summed E-state index contributed by atoms with van der Waals surface area (Å²) in [6.45, 7) is 0. The number of Topliss-reactive ketones (excluding diaryl/α,β-unsaturated/α-hetero) is 2. The molecule has 1 saturated carbocycles. The molecule has 2 nitrogen and oxygen atoms in total. The molecule has 78 valence electrons. The van der Waals surface area contributed by atoms with E-state index < -0.39 is 0 Å². The van der Waals surface area contributed by atoms with E-state index in [4.69, 9.17) is 0 Å². The molecule has 0 bridgehead atoms. The van der Waals surface area contributed by atoms with Gasteiger partial charge < -0.3 is 0 Å². The van der Waals surface area contributed by atoms with Gasteiger partial charge in [-0.1, -0.05) is 36.8 Å². The van der Waals surface area contributed by atoms with Crippen LogP contribution in [0.15, 0.2) is 30.3 Å². The Bertz CT molecular complexity index is 367. The van der Waals surface area contributed by atoms with Gasteiger partial charge in [0.05, 0.1) is 5.92 Å². The largest absolute Gasteiger partial charge is 0.299 e. The van der Waals surface area contributed by atoms with Crippen LogP contribution in [0.1, 0.15) is 36.0 Å². The van der Waals surface area contributed by atoms with Gasteiger partial charge in [-0.25, -0.2) is 0 Å². The molecule has 1 fully saturated rings. The standard InChI is InChI=1S/C13H14O2/c14-12-9-5-4-8-11(12)13(15)10-6-2-1-3-7-10/h1-3,6-7,11H,4-5,8-9H2/t11-/m0/s1. The molecule has 0 spiro atoms. The van der Waals surface area contributed by atoms with Gasteiger partial charge in [-0.05, 0) is 12.8 Å². The number of carbonyl (C=O) groups is 2. The van der Waals surface area contributed by atoms with Crippen molar-refractivity contribution in [3.05, 3.63) is 35.9 Å². The second-order valence-corrected chi connectivity index (χ2v) is 3.99. The zero-order valence-electron chi connectivity index (χ0n) is 8.61. The minimum Gasteiger partial charge on any atom is -0.299 e. The molecule has 1 aromatic rings. The summed E-state index contributed by atoms with van der Waals surface area (Å²) in [4.78, 5) is 23.6. The fourth-order valence-electron chi connectivity index (χ4n) is 2.06. The van der Waals surface area contributed by atoms with Crippen molar-refractivity contribution >= 4 is 11.6 Å². The summed E-state index contributed by atoms with van der Waals surface area (Å²) >= 11 is 0. The predicted molar refractivity (Wildman–Crippen MR) is 57.7 cm³/mol. The Kier molecular flexibility index (Phi) is 2.95. The van der Waals surface area contributed by atoms with E-state index in [0.29, 0.717) is 12.0 Å². The highest BCUT2D eigenvalue weighted by Gasteiger charge is 2.29. The average molecular weight is 202 g/mol. The first kappa shape index (κ1) is 10.1. The van der Waals surface area contributed by atoms with Crippen LogP contribution in [0, 0.1) is 5.92 Å². The lowest BCUT2D eigenvalue weighted by Gasteiger charge is -2.18. The Hall–Kier alpha value is -1.44. The molecule has 2 heteroatoms. The summed E-state index contributed by atoms with van der Waals surface area (Å²) in [5, 5.41) is 0. The Balaban J connectivity index is 2.17. The third-order valence-electron chi connectivity index (χ3n) is 2.93. The molecule has 0 heterocycles. The summed E-state index contributed by atoms with van der Waals surface area (Å²) in [5.74, 6) is -0.253. The number of hydrogen-bond acceptors (Lipinski definition) is 2. The highest BCUT2D eigenvalue weighted by Crippen LogP contribution is 2.23. The monoisotopic (exact) mass is 202 g/mol. The lowest BCUT2D eigenvalue weighted by molar-refractivity contribution is -0.122. The Morgan fingerprint density at radius 2 is 1.87 bits per heavy atom. The Morgan fingerprint density at radius 3 is 2.53 bits per heavy atom. The lowest BCUT2D eigenvalue weighted by atomic mass is 9.83. The van der Waals surface area contributed by atoms with E-state index in [2.05, 4.69) is 0 Å². The molecule has 1 atom stereocenters. The Labute approximate surface area is 89.3 Å². The minimum atomic E-state index is -0.374. The SMILES string of the molecule is O=C1CCCC[C@@H]1C(=O)c1ccccc1. The van der Waals surface area contributed by atoms with Gasteiger partial charge in [-0.3, -0.25) is 9.59 Å². The molecule has 0 N–H and O–H groups in total. The molecule has 1 aromatic carbocycles. The maximum atomic E-state index is 12.0. The maximum absolute atomic E-state index is 12.0. The van der Waals surface area contributed by atoms with Gasteiger partial charge in [0.2, 0.25) is 0 Å². The number of hydrogen-bond donors (Lipinski definition) is 0. The van der Waals surface area contributed by atoms with Crippen molar-refractivity contribution in [1.29, 1.82) is 0 Å². The van der Waals surface area contributed by atoms with Crippen LogP contribution in [0.25, 0.3) is 0 Å². The summed E-state index contributed by atoms with van der Waals surface area (Å²) in [7, 11) is 0. The van der Waals surface area contributed by atoms with E-state index in [1.165, 1.54) is 0 Å². The molecule has 0 amide bonds. The van der Waals surface area contributed by atoms with Gasteiger partial charge in [0.15, 0.2) is 5.78 Å². The number of ketones is 2. The molecule has 0 aliphatic heterocycles. The molecule has 15 heavy (non-hydrogen) atoms. The van der Waals surface area contributed by atoms with Crippen LogP contribution in [-0.4, -0.2) is 11.6 Å². The topological polar surface area (TPSA) is 34.1 Å². The van der Waals surface area contributed by atoms with Crippen molar-refractivity contribution in [1.82, 2.24) is 0 Å². The lowest BCUT2D eigenvalue weighted by Crippen LogP contribution is -2.27. The summed E-state index contributed by atoms with van der Waals surface area (Å²) < 4.78 is 0. The van der Waals surface area contributed by atoms with E-state index >= 15 is 0 Å². The van der Waals surface area contributed by atoms with Crippen molar-refractivity contribution < 1.29 is 9.59 Å². The first-order valence-corrected chi connectivity index (χ1v) is 5.41. The van der Waals surface area contributed by atoms with E-state index in [9.17, 15) is 9.59 Å². The minimum absolute atomic E-state index is 0.000278. The van der Waals surface area contributed by atoms with Gasteiger partial charge in [0.1, 0.15) is 5.78 Å². The zero-order chi connectivity index (χ0) is 10.7. The highest BCUT2D eigenvalue weighted by atomic mass is 16.1. The van der Waals surface area contributed by atoms with Crippen molar-refractivity contribution in [2.75, 3.05) is 0 Å². The summed E-state index contributed by atoms with van der Waals surface area (Å²) in [5.41, 5.74) is 0.665. The normalized spacial score (nSPS) is 21.3. The quantitative estimate of drug-likeness (QED) is 0.545. The molecule has 0 aromatic heterocycles. The van der Waals surface area contributed by atoms with Gasteiger partial charge in [-0.2, -0.15) is 0 Å². The van der Waals surface area contributed by atoms with Crippen molar-refractivity contribution in [2.45, 2.75) is 25.7 Å². The van der Waals surface area contributed by atoms with Crippen LogP contribution in [0.5, 0.6) is 0 Å². The average Bonchev–Trinajstić information content (AvgIpc) is 2.30. The third-order valence-corrected chi connectivity index (χ3v) is 2.93. The van der Waals surface area contributed by atoms with Gasteiger partial charge in [0, 0.05) is 12.0 Å². The van der Waals surface area contributed by atoms with E-state index in [0.717, 1.165) is 19.3 Å². The van der Waals surface area contributed by atoms with Gasteiger partial charge in [-0.15, -0.1) is 0 Å². The van der Waals surface area contributed by atoms with Crippen LogP contribution in [0.4, 0.5) is 0 Å². The smallest absolute Gasteiger partial charge is 0.173 e. The summed E-state index contributed by atoms with van der Waals surface area (Å²) in [6, 6.07) is 9.11. The van der Waals surface area contributed by atoms with Crippen LogP contribution in [0.3, 0.4) is 0 Å². The molecule has 0 saturated heterocycles. The molecule has 2 rings (SSSR count). The van der Waals surface area contributed by atoms with Crippen LogP contribution in [0.2, 0.25) is 0 Å². The first-order valence-electron chi connectivity index (χ1n) is 5.41. The van der Waals surface area contributed by atoms with Crippen LogP contribution >= 0.6 is 0 Å². The molecular formula is C13H14O2. The third kappa shape index (κ3) is 2.14. The van der Waals surface area contributed by atoms with Gasteiger partial charge in [0.25, 0.3) is 0 Å². The highest BCUT2D eigenvalue weighted by molar-refractivity contribution is 6.10. The molecule has 0 radical (unpaired) electrons. The summed E-state index contributed by atoms with van der Waals surface area (Å²) in [6.07, 6.45) is 3.24. The fourth-order valence-corrected chi connectivity index (χ4v) is 2.06. The van der Waals surface area contributed by atoms with Crippen LogP contribution < -0.4 is 0 Å². The maximum Gasteiger partial charge on any atom is 0.173 e. The second kappa shape index (κ2) is 4.39. The Morgan fingerprint density at radius 1 is 1.13 bits per heavy atom. The molecule has 1 aliphatic rings. The number of benzene rings is 1. The molecule has 1 aliphatic carbocycles. The number of rotatable bonds is 2. The predicted octanol–water partition coefficient (Wildman–Crippen LogP) is 2.63. The molecule has 0 unspecified atom stereocenters. The van der Waals surface area contributed by atoms with Crippen molar-refractivity contribution in [3.63, 3.8) is 0 Å². The van der Waals surface area contributed by atoms with Gasteiger partial charge >= 0.3 is 0 Å². The zero-order valence-corrected chi connectivity index (χ0v) is 8.61. The first-order chi connectivity index (χ1) is 7.29.